The van der Waals surface area contributed by atoms with Crippen LogP contribution in [-0.4, -0.2) is 41.8 Å². The van der Waals surface area contributed by atoms with E-state index in [4.69, 9.17) is 9.47 Å². The number of anilines is 1. The molecule has 0 fully saturated rings. The molecule has 1 amide bonds. The zero-order valence-corrected chi connectivity index (χ0v) is 21.4. The Kier molecular flexibility index (Phi) is 8.11. The van der Waals surface area contributed by atoms with Gasteiger partial charge in [-0.3, -0.25) is 9.10 Å². The summed E-state index contributed by atoms with van der Waals surface area (Å²) >= 11 is 1.55. The van der Waals surface area contributed by atoms with Crippen molar-refractivity contribution in [1.82, 2.24) is 5.32 Å². The van der Waals surface area contributed by atoms with E-state index in [-0.39, 0.29) is 16.8 Å². The van der Waals surface area contributed by atoms with Gasteiger partial charge < -0.3 is 14.8 Å². The van der Waals surface area contributed by atoms with E-state index in [9.17, 15) is 13.2 Å². The number of methoxy groups -OCH3 is 2. The first-order chi connectivity index (χ1) is 16.2. The van der Waals surface area contributed by atoms with Gasteiger partial charge in [-0.1, -0.05) is 6.07 Å². The summed E-state index contributed by atoms with van der Waals surface area (Å²) < 4.78 is 37.7. The average Bonchev–Trinajstić information content (AvgIpc) is 2.87. The maximum Gasteiger partial charge on any atom is 0.264 e. The molecule has 0 aliphatic heterocycles. The lowest BCUT2D eigenvalue weighted by atomic mass is 10.1. The summed E-state index contributed by atoms with van der Waals surface area (Å²) in [7, 11) is 0.900. The van der Waals surface area contributed by atoms with Crippen LogP contribution in [0.25, 0.3) is 0 Å². The van der Waals surface area contributed by atoms with Crippen LogP contribution in [0.4, 0.5) is 5.69 Å². The van der Waals surface area contributed by atoms with Gasteiger partial charge in [0.05, 0.1) is 30.8 Å². The lowest BCUT2D eigenvalue weighted by Crippen LogP contribution is -2.28. The third-order valence-corrected chi connectivity index (χ3v) is 8.01. The van der Waals surface area contributed by atoms with Gasteiger partial charge in [0.2, 0.25) is 0 Å². The fraction of sp³-hybridized carbons (Fsp3) is 0.240. The Morgan fingerprint density at radius 3 is 2.12 bits per heavy atom. The fourth-order valence-electron chi connectivity index (χ4n) is 3.35. The third kappa shape index (κ3) is 5.48. The first-order valence-corrected chi connectivity index (χ1v) is 13.1. The monoisotopic (exact) mass is 500 g/mol. The Morgan fingerprint density at radius 2 is 1.56 bits per heavy atom. The molecule has 3 aromatic rings. The van der Waals surface area contributed by atoms with Gasteiger partial charge in [-0.2, -0.15) is 0 Å². The Balaban J connectivity index is 1.72. The Labute approximate surface area is 205 Å². The van der Waals surface area contributed by atoms with Crippen molar-refractivity contribution in [2.45, 2.75) is 22.8 Å². The van der Waals surface area contributed by atoms with Crippen LogP contribution in [0.1, 0.15) is 28.9 Å². The number of ether oxygens (including phenoxy) is 2. The first-order valence-electron chi connectivity index (χ1n) is 10.5. The maximum absolute atomic E-state index is 13.0. The van der Waals surface area contributed by atoms with E-state index in [1.807, 2.05) is 25.3 Å². The predicted octanol–water partition coefficient (Wildman–Crippen LogP) is 4.74. The van der Waals surface area contributed by atoms with Crippen molar-refractivity contribution in [1.29, 1.82) is 0 Å². The second kappa shape index (κ2) is 10.8. The van der Waals surface area contributed by atoms with Gasteiger partial charge in [-0.05, 0) is 79.4 Å². The molecule has 1 atom stereocenters. The summed E-state index contributed by atoms with van der Waals surface area (Å²) in [6.07, 6.45) is 1.93. The molecule has 0 aliphatic carbocycles. The highest BCUT2D eigenvalue weighted by atomic mass is 32.2. The summed E-state index contributed by atoms with van der Waals surface area (Å²) in [6.45, 7) is 1.87. The minimum atomic E-state index is -3.72. The van der Waals surface area contributed by atoms with Crippen LogP contribution in [-0.2, 0) is 10.0 Å². The smallest absolute Gasteiger partial charge is 0.264 e. The number of hydrogen-bond donors (Lipinski definition) is 1. The predicted molar refractivity (Wildman–Crippen MR) is 136 cm³/mol. The molecule has 3 rings (SSSR count). The van der Waals surface area contributed by atoms with E-state index in [1.165, 1.54) is 11.4 Å². The quantitative estimate of drug-likeness (QED) is 0.427. The number of thioether (sulfide) groups is 1. The zero-order chi connectivity index (χ0) is 24.9. The Bertz CT molecular complexity index is 1240. The summed E-state index contributed by atoms with van der Waals surface area (Å²) in [6, 6.07) is 18.4. The molecule has 7 nitrogen and oxygen atoms in total. The lowest BCUT2D eigenvalue weighted by molar-refractivity contribution is 0.0940. The third-order valence-electron chi connectivity index (χ3n) is 5.47. The number of nitrogens with zero attached hydrogens (tertiary/aromatic N) is 1. The molecular formula is C25H28N2O5S2. The maximum atomic E-state index is 13.0. The number of nitrogens with one attached hydrogen (secondary N) is 1. The van der Waals surface area contributed by atoms with Gasteiger partial charge in [0.1, 0.15) is 0 Å². The number of rotatable bonds is 9. The molecule has 3 aromatic carbocycles. The normalized spacial score (nSPS) is 12.0. The molecule has 0 radical (unpaired) electrons. The topological polar surface area (TPSA) is 84.9 Å². The molecule has 1 N–H and O–H groups in total. The van der Waals surface area contributed by atoms with E-state index in [2.05, 4.69) is 5.32 Å². The average molecular weight is 501 g/mol. The number of amides is 1. The van der Waals surface area contributed by atoms with E-state index in [1.54, 1.807) is 80.6 Å². The molecule has 0 bridgehead atoms. The molecule has 0 saturated heterocycles. The highest BCUT2D eigenvalue weighted by molar-refractivity contribution is 7.98. The highest BCUT2D eigenvalue weighted by Crippen LogP contribution is 2.30. The minimum absolute atomic E-state index is 0.207. The molecule has 34 heavy (non-hydrogen) atoms. The van der Waals surface area contributed by atoms with Gasteiger partial charge in [0.25, 0.3) is 15.9 Å². The number of carbonyl (C=O) groups is 1. The molecule has 180 valence electrons. The second-order valence-corrected chi connectivity index (χ2v) is 10.4. The van der Waals surface area contributed by atoms with Crippen molar-refractivity contribution in [3.05, 3.63) is 77.9 Å². The summed E-state index contributed by atoms with van der Waals surface area (Å²) in [5.41, 5.74) is 1.74. The number of hydrogen-bond acceptors (Lipinski definition) is 6. The van der Waals surface area contributed by atoms with Crippen LogP contribution in [0, 0.1) is 0 Å². The molecule has 0 aromatic heterocycles. The van der Waals surface area contributed by atoms with Crippen LogP contribution >= 0.6 is 11.8 Å². The number of sulfonamides is 1. The largest absolute Gasteiger partial charge is 0.493 e. The highest BCUT2D eigenvalue weighted by Gasteiger charge is 2.22. The van der Waals surface area contributed by atoms with Gasteiger partial charge in [-0.25, -0.2) is 8.42 Å². The van der Waals surface area contributed by atoms with Gasteiger partial charge in [0, 0.05) is 17.5 Å². The molecule has 0 spiro atoms. The zero-order valence-electron chi connectivity index (χ0n) is 19.7. The van der Waals surface area contributed by atoms with Crippen molar-refractivity contribution in [3.8, 4) is 11.5 Å². The summed E-state index contributed by atoms with van der Waals surface area (Å²) in [5.74, 6) is 0.921. The van der Waals surface area contributed by atoms with E-state index in [0.29, 0.717) is 22.7 Å². The number of benzene rings is 3. The molecule has 0 heterocycles. The summed E-state index contributed by atoms with van der Waals surface area (Å²) in [5, 5.41) is 2.95. The Morgan fingerprint density at radius 1 is 0.941 bits per heavy atom. The van der Waals surface area contributed by atoms with Crippen molar-refractivity contribution in [2.75, 3.05) is 31.8 Å². The summed E-state index contributed by atoms with van der Waals surface area (Å²) in [4.78, 5) is 14.0. The number of carbonyl (C=O) groups excluding carboxylic acids is 1. The first kappa shape index (κ1) is 25.5. The van der Waals surface area contributed by atoms with E-state index in [0.717, 1.165) is 10.5 Å². The van der Waals surface area contributed by atoms with Crippen molar-refractivity contribution in [2.24, 2.45) is 0 Å². The molecule has 0 saturated carbocycles. The molecule has 1 unspecified atom stereocenters. The lowest BCUT2D eigenvalue weighted by Gasteiger charge is -2.20. The van der Waals surface area contributed by atoms with Crippen molar-refractivity contribution < 1.29 is 22.7 Å². The van der Waals surface area contributed by atoms with E-state index >= 15 is 0 Å². The Hall–Kier alpha value is -3.17. The van der Waals surface area contributed by atoms with Gasteiger partial charge >= 0.3 is 0 Å². The second-order valence-electron chi connectivity index (χ2n) is 7.50. The van der Waals surface area contributed by atoms with Gasteiger partial charge in [-0.15, -0.1) is 11.8 Å². The van der Waals surface area contributed by atoms with E-state index < -0.39 is 10.0 Å². The minimum Gasteiger partial charge on any atom is -0.493 e. The van der Waals surface area contributed by atoms with Crippen LogP contribution in [0.5, 0.6) is 11.5 Å². The van der Waals surface area contributed by atoms with Crippen LogP contribution < -0.4 is 19.1 Å². The SMILES string of the molecule is COc1ccc(C(C)NC(=O)c2ccc(N(C)S(=O)(=O)c3ccc(SC)cc3)cc2)cc1OC. The molecular weight excluding hydrogens is 472 g/mol. The van der Waals surface area contributed by atoms with Crippen LogP contribution in [0.2, 0.25) is 0 Å². The van der Waals surface area contributed by atoms with Crippen molar-refractivity contribution >= 4 is 33.4 Å². The van der Waals surface area contributed by atoms with Crippen LogP contribution in [0.3, 0.4) is 0 Å². The van der Waals surface area contributed by atoms with Gasteiger partial charge in [0.15, 0.2) is 11.5 Å². The van der Waals surface area contributed by atoms with Crippen molar-refractivity contribution in [3.63, 3.8) is 0 Å². The van der Waals surface area contributed by atoms with Crippen LogP contribution in [0.15, 0.2) is 76.5 Å². The molecule has 0 aliphatic rings. The standard InChI is InChI=1S/C25H28N2O5S2/c1-17(19-8-15-23(31-3)24(16-19)32-4)26-25(28)18-6-9-20(10-7-18)27(2)34(29,30)22-13-11-21(33-5)12-14-22/h6-17H,1-5H3,(H,26,28). The molecule has 9 heteroatoms. The fourth-order valence-corrected chi connectivity index (χ4v) is 4.96.